The van der Waals surface area contributed by atoms with Gasteiger partial charge in [-0.3, -0.25) is 4.79 Å². The van der Waals surface area contributed by atoms with Crippen molar-refractivity contribution in [1.29, 1.82) is 0 Å². The van der Waals surface area contributed by atoms with Gasteiger partial charge in [0.25, 0.3) is 11.8 Å². The van der Waals surface area contributed by atoms with Crippen molar-refractivity contribution in [3.05, 3.63) is 29.8 Å². The van der Waals surface area contributed by atoms with Crippen LogP contribution in [0.5, 0.6) is 5.75 Å². The molecule has 0 spiro atoms. The number of amides is 1. The molecule has 0 aromatic heterocycles. The number of alkyl halides is 2. The number of hydrogen-bond acceptors (Lipinski definition) is 4. The molecule has 1 aliphatic carbocycles. The van der Waals surface area contributed by atoms with E-state index in [-0.39, 0.29) is 18.7 Å². The monoisotopic (exact) mass is 341 g/mol. The Morgan fingerprint density at radius 3 is 2.67 bits per heavy atom. The van der Waals surface area contributed by atoms with E-state index in [2.05, 4.69) is 5.32 Å². The fourth-order valence-electron chi connectivity index (χ4n) is 3.11. The van der Waals surface area contributed by atoms with Gasteiger partial charge < -0.3 is 19.9 Å². The molecule has 1 heterocycles. The third-order valence-electron chi connectivity index (χ3n) is 4.47. The molecular weight excluding hydrogens is 324 g/mol. The number of carboxylic acid groups (broad SMARTS) is 1. The van der Waals surface area contributed by atoms with Crippen LogP contribution in [0, 0.1) is 5.92 Å². The van der Waals surface area contributed by atoms with Gasteiger partial charge in [-0.1, -0.05) is 0 Å². The maximum absolute atomic E-state index is 13.9. The molecule has 0 bridgehead atoms. The van der Waals surface area contributed by atoms with Crippen molar-refractivity contribution in [2.24, 2.45) is 5.92 Å². The Labute approximate surface area is 136 Å². The van der Waals surface area contributed by atoms with E-state index >= 15 is 0 Å². The molecule has 130 valence electrons. The molecule has 2 N–H and O–H groups in total. The number of benzene rings is 1. The van der Waals surface area contributed by atoms with Gasteiger partial charge >= 0.3 is 5.97 Å². The van der Waals surface area contributed by atoms with Gasteiger partial charge in [0.05, 0.1) is 12.5 Å². The molecule has 2 fully saturated rings. The first-order valence-electron chi connectivity index (χ1n) is 7.61. The van der Waals surface area contributed by atoms with Crippen molar-refractivity contribution in [2.45, 2.75) is 24.4 Å². The second-order valence-corrected chi connectivity index (χ2v) is 5.95. The van der Waals surface area contributed by atoms with E-state index < -0.39 is 35.9 Å². The Morgan fingerprint density at radius 2 is 2.04 bits per heavy atom. The highest BCUT2D eigenvalue weighted by molar-refractivity contribution is 5.94. The van der Waals surface area contributed by atoms with Crippen LogP contribution in [0.4, 0.5) is 8.78 Å². The summed E-state index contributed by atoms with van der Waals surface area (Å²) in [6.45, 7) is -0.444. The molecule has 1 amide bonds. The van der Waals surface area contributed by atoms with Gasteiger partial charge in [0.2, 0.25) is 0 Å². The van der Waals surface area contributed by atoms with Crippen LogP contribution >= 0.6 is 0 Å². The van der Waals surface area contributed by atoms with Crippen LogP contribution in [0.3, 0.4) is 0 Å². The van der Waals surface area contributed by atoms with Crippen molar-refractivity contribution in [3.63, 3.8) is 0 Å². The van der Waals surface area contributed by atoms with E-state index in [1.165, 1.54) is 24.3 Å². The summed E-state index contributed by atoms with van der Waals surface area (Å²) >= 11 is 0. The number of carboxylic acids is 1. The minimum Gasteiger partial charge on any atom is -0.482 e. The van der Waals surface area contributed by atoms with Gasteiger partial charge in [-0.15, -0.1) is 0 Å². The van der Waals surface area contributed by atoms with Gasteiger partial charge in [-0.2, -0.15) is 0 Å². The average molecular weight is 341 g/mol. The zero-order chi connectivity index (χ0) is 17.4. The zero-order valence-corrected chi connectivity index (χ0v) is 12.8. The van der Waals surface area contributed by atoms with Crippen LogP contribution in [0.2, 0.25) is 0 Å². The first kappa shape index (κ1) is 16.6. The normalized spacial score (nSPS) is 27.0. The lowest BCUT2D eigenvalue weighted by atomic mass is 10.1. The SMILES string of the molecule is O=C(O)COc1ccc(C(=O)NC[C@]23OCCC[C@H]2C3(F)F)cc1. The molecule has 1 aromatic rings. The molecule has 1 aliphatic heterocycles. The zero-order valence-electron chi connectivity index (χ0n) is 12.8. The fourth-order valence-corrected chi connectivity index (χ4v) is 3.11. The maximum Gasteiger partial charge on any atom is 0.341 e. The molecule has 0 unspecified atom stereocenters. The van der Waals surface area contributed by atoms with E-state index in [9.17, 15) is 18.4 Å². The van der Waals surface area contributed by atoms with Crippen LogP contribution in [0.25, 0.3) is 0 Å². The van der Waals surface area contributed by atoms with E-state index in [1.54, 1.807) is 0 Å². The van der Waals surface area contributed by atoms with Crippen molar-refractivity contribution in [2.75, 3.05) is 19.8 Å². The van der Waals surface area contributed by atoms with Gasteiger partial charge in [-0.25, -0.2) is 13.6 Å². The standard InChI is InChI=1S/C16H17F2NO5/c17-16(18)12-2-1-7-24-15(12,16)9-19-14(22)10-3-5-11(6-4-10)23-8-13(20)21/h3-6,12H,1-2,7-9H2,(H,19,22)(H,20,21)/t12-,15+/m1/s1. The van der Waals surface area contributed by atoms with Gasteiger partial charge in [-0.05, 0) is 37.1 Å². The summed E-state index contributed by atoms with van der Waals surface area (Å²) < 4.78 is 38.0. The molecular formula is C16H17F2NO5. The number of aliphatic carboxylic acids is 1. The van der Waals surface area contributed by atoms with E-state index in [0.29, 0.717) is 18.6 Å². The third-order valence-corrected chi connectivity index (χ3v) is 4.47. The Morgan fingerprint density at radius 1 is 1.33 bits per heavy atom. The molecule has 1 aromatic carbocycles. The van der Waals surface area contributed by atoms with Crippen LogP contribution in [0.1, 0.15) is 23.2 Å². The third kappa shape index (κ3) is 2.82. The van der Waals surface area contributed by atoms with E-state index in [4.69, 9.17) is 14.6 Å². The smallest absolute Gasteiger partial charge is 0.341 e. The van der Waals surface area contributed by atoms with Crippen molar-refractivity contribution in [3.8, 4) is 5.75 Å². The molecule has 0 radical (unpaired) electrons. The summed E-state index contributed by atoms with van der Waals surface area (Å²) in [5, 5.41) is 11.0. The number of rotatable bonds is 6. The maximum atomic E-state index is 13.9. The summed E-state index contributed by atoms with van der Waals surface area (Å²) in [7, 11) is 0. The number of hydrogen-bond donors (Lipinski definition) is 2. The highest BCUT2D eigenvalue weighted by atomic mass is 19.3. The largest absolute Gasteiger partial charge is 0.482 e. The van der Waals surface area contributed by atoms with Crippen LogP contribution in [-0.4, -0.2) is 48.3 Å². The second kappa shape index (κ2) is 6.01. The summed E-state index contributed by atoms with van der Waals surface area (Å²) in [4.78, 5) is 22.5. The number of fused-ring (bicyclic) bond motifs is 1. The molecule has 3 rings (SSSR count). The number of carbonyl (C=O) groups is 2. The Balaban J connectivity index is 1.57. The lowest BCUT2D eigenvalue weighted by Gasteiger charge is -2.21. The fraction of sp³-hybridized carbons (Fsp3) is 0.500. The van der Waals surface area contributed by atoms with Gasteiger partial charge in [0, 0.05) is 12.2 Å². The highest BCUT2D eigenvalue weighted by Gasteiger charge is 2.82. The molecule has 6 nitrogen and oxygen atoms in total. The minimum absolute atomic E-state index is 0.235. The summed E-state index contributed by atoms with van der Waals surface area (Å²) in [6.07, 6.45) is 1.01. The van der Waals surface area contributed by atoms with Crippen molar-refractivity contribution < 1.29 is 33.0 Å². The Bertz CT molecular complexity index is 648. The number of nitrogens with one attached hydrogen (secondary N) is 1. The molecule has 1 saturated carbocycles. The molecule has 2 atom stereocenters. The Kier molecular flexibility index (Phi) is 4.16. The summed E-state index contributed by atoms with van der Waals surface area (Å²) in [5.41, 5.74) is -1.30. The predicted molar refractivity (Wildman–Crippen MR) is 78.3 cm³/mol. The van der Waals surface area contributed by atoms with Crippen LogP contribution in [0.15, 0.2) is 24.3 Å². The molecule has 8 heteroatoms. The van der Waals surface area contributed by atoms with Crippen molar-refractivity contribution in [1.82, 2.24) is 5.32 Å². The minimum atomic E-state index is -2.90. The van der Waals surface area contributed by atoms with Gasteiger partial charge in [0.15, 0.2) is 12.2 Å². The molecule has 1 saturated heterocycles. The number of halogens is 2. The topological polar surface area (TPSA) is 84.9 Å². The summed E-state index contributed by atoms with van der Waals surface area (Å²) in [6, 6.07) is 5.77. The van der Waals surface area contributed by atoms with Gasteiger partial charge in [0.1, 0.15) is 5.75 Å². The quantitative estimate of drug-likeness (QED) is 0.823. The first-order chi connectivity index (χ1) is 11.4. The number of ether oxygens (including phenoxy) is 2. The second-order valence-electron chi connectivity index (χ2n) is 5.95. The lowest BCUT2D eigenvalue weighted by Crippen LogP contribution is -2.40. The summed E-state index contributed by atoms with van der Waals surface area (Å²) in [5.74, 6) is -5.03. The number of carbonyl (C=O) groups excluding carboxylic acids is 1. The predicted octanol–water partition coefficient (Wildman–Crippen LogP) is 1.69. The Hall–Kier alpha value is -2.22. The van der Waals surface area contributed by atoms with E-state index in [0.717, 1.165) is 0 Å². The van der Waals surface area contributed by atoms with Crippen molar-refractivity contribution >= 4 is 11.9 Å². The first-order valence-corrected chi connectivity index (χ1v) is 7.61. The van der Waals surface area contributed by atoms with Crippen LogP contribution in [-0.2, 0) is 9.53 Å². The lowest BCUT2D eigenvalue weighted by molar-refractivity contribution is -0.139. The molecule has 2 aliphatic rings. The van der Waals surface area contributed by atoms with Crippen LogP contribution < -0.4 is 10.1 Å². The highest BCUT2D eigenvalue weighted by Crippen LogP contribution is 2.64. The van der Waals surface area contributed by atoms with E-state index in [1.807, 2.05) is 0 Å². The average Bonchev–Trinajstić information content (AvgIpc) is 3.07. The molecule has 24 heavy (non-hydrogen) atoms.